The largest absolute Gasteiger partial charge is 0.480 e. The number of amides is 2. The van der Waals surface area contributed by atoms with Crippen LogP contribution in [0.1, 0.15) is 23.2 Å². The van der Waals surface area contributed by atoms with Crippen molar-refractivity contribution < 1.29 is 24.4 Å². The number of carboxylic acid groups (broad SMARTS) is 1. The van der Waals surface area contributed by atoms with E-state index in [1.54, 1.807) is 30.3 Å². The number of anilines is 1. The summed E-state index contributed by atoms with van der Waals surface area (Å²) >= 11 is 0. The fourth-order valence-corrected chi connectivity index (χ4v) is 3.08. The predicted molar refractivity (Wildman–Crippen MR) is 109 cm³/mol. The Bertz CT molecular complexity index is 1020. The number of nitrogens with zero attached hydrogens (tertiary/aromatic N) is 3. The minimum Gasteiger partial charge on any atom is -0.480 e. The summed E-state index contributed by atoms with van der Waals surface area (Å²) < 4.78 is 0. The van der Waals surface area contributed by atoms with Gasteiger partial charge in [0.1, 0.15) is 23.8 Å². The van der Waals surface area contributed by atoms with Crippen molar-refractivity contribution in [3.05, 3.63) is 76.2 Å². The van der Waals surface area contributed by atoms with Crippen molar-refractivity contribution in [1.29, 1.82) is 0 Å². The van der Waals surface area contributed by atoms with Crippen molar-refractivity contribution in [3.8, 4) is 0 Å². The number of carbonyl (C=O) groups is 3. The number of aliphatic carboxylic acids is 1. The summed E-state index contributed by atoms with van der Waals surface area (Å²) in [4.78, 5) is 52.3. The van der Waals surface area contributed by atoms with E-state index in [9.17, 15) is 29.6 Å². The maximum absolute atomic E-state index is 13.0. The molecule has 2 aromatic rings. The number of likely N-dealkylation sites (tertiary alicyclic amines) is 1. The van der Waals surface area contributed by atoms with Crippen molar-refractivity contribution in [1.82, 2.24) is 15.2 Å². The third-order valence-electron chi connectivity index (χ3n) is 4.64. The molecule has 1 aliphatic heterocycles. The van der Waals surface area contributed by atoms with Gasteiger partial charge in [-0.05, 0) is 31.0 Å². The Morgan fingerprint density at radius 3 is 2.55 bits per heavy atom. The normalized spacial score (nSPS) is 15.9. The van der Waals surface area contributed by atoms with Crippen LogP contribution in [0.15, 0.2) is 60.6 Å². The number of rotatable bonds is 7. The summed E-state index contributed by atoms with van der Waals surface area (Å²) in [5, 5.41) is 25.3. The number of aromatic nitrogens is 1. The molecule has 1 atom stereocenters. The van der Waals surface area contributed by atoms with Crippen molar-refractivity contribution in [2.24, 2.45) is 0 Å². The lowest BCUT2D eigenvalue weighted by atomic mass is 10.2. The van der Waals surface area contributed by atoms with E-state index in [4.69, 9.17) is 0 Å². The van der Waals surface area contributed by atoms with E-state index in [-0.39, 0.29) is 23.7 Å². The van der Waals surface area contributed by atoms with Gasteiger partial charge in [0.05, 0.1) is 4.92 Å². The Morgan fingerprint density at radius 1 is 1.19 bits per heavy atom. The van der Waals surface area contributed by atoms with Crippen molar-refractivity contribution in [2.45, 2.75) is 18.9 Å². The molecule has 0 radical (unpaired) electrons. The smallest absolute Gasteiger partial charge is 0.326 e. The molecule has 0 spiro atoms. The average molecular weight is 425 g/mol. The molecule has 3 rings (SSSR count). The van der Waals surface area contributed by atoms with Gasteiger partial charge in [0.15, 0.2) is 0 Å². The molecule has 160 valence electrons. The molecule has 0 bridgehead atoms. The quantitative estimate of drug-likeness (QED) is 0.344. The summed E-state index contributed by atoms with van der Waals surface area (Å²) in [6.07, 6.45) is 3.08. The van der Waals surface area contributed by atoms with Gasteiger partial charge < -0.3 is 20.6 Å². The number of benzene rings is 1. The van der Waals surface area contributed by atoms with Crippen LogP contribution in [0, 0.1) is 10.1 Å². The molecule has 1 aliphatic rings. The summed E-state index contributed by atoms with van der Waals surface area (Å²) in [6.45, 7) is 0.240. The molecule has 0 aliphatic carbocycles. The van der Waals surface area contributed by atoms with E-state index in [0.717, 1.165) is 6.20 Å². The molecule has 1 aromatic carbocycles. The SMILES string of the molecule is O=C(N/C(=C\Nc1ccc([N+](=O)[O-])cn1)C(=O)N1CCCC1C(=O)O)c1ccccc1. The average Bonchev–Trinajstić information content (AvgIpc) is 3.27. The van der Waals surface area contributed by atoms with Gasteiger partial charge in [-0.3, -0.25) is 19.7 Å². The van der Waals surface area contributed by atoms with Crippen LogP contribution in [0.5, 0.6) is 0 Å². The van der Waals surface area contributed by atoms with Gasteiger partial charge in [-0.15, -0.1) is 0 Å². The zero-order chi connectivity index (χ0) is 22.4. The van der Waals surface area contributed by atoms with Gasteiger partial charge in [-0.25, -0.2) is 9.78 Å². The highest BCUT2D eigenvalue weighted by molar-refractivity contribution is 6.03. The molecular formula is C20H19N5O6. The first-order valence-electron chi connectivity index (χ1n) is 9.34. The van der Waals surface area contributed by atoms with E-state index in [1.807, 2.05) is 0 Å². The molecule has 1 saturated heterocycles. The van der Waals surface area contributed by atoms with Crippen LogP contribution in [-0.2, 0) is 9.59 Å². The fraction of sp³-hybridized carbons (Fsp3) is 0.200. The lowest BCUT2D eigenvalue weighted by Crippen LogP contribution is -2.44. The highest BCUT2D eigenvalue weighted by Crippen LogP contribution is 2.20. The van der Waals surface area contributed by atoms with Crippen LogP contribution < -0.4 is 10.6 Å². The first kappa shape index (κ1) is 21.4. The Kier molecular flexibility index (Phi) is 6.55. The lowest BCUT2D eigenvalue weighted by Gasteiger charge is -2.23. The minimum atomic E-state index is -1.12. The summed E-state index contributed by atoms with van der Waals surface area (Å²) in [7, 11) is 0. The van der Waals surface area contributed by atoms with Crippen LogP contribution in [-0.4, -0.2) is 50.3 Å². The summed E-state index contributed by atoms with van der Waals surface area (Å²) in [6, 6.07) is 9.79. The van der Waals surface area contributed by atoms with E-state index >= 15 is 0 Å². The molecule has 2 heterocycles. The van der Waals surface area contributed by atoms with Crippen molar-refractivity contribution in [2.75, 3.05) is 11.9 Å². The van der Waals surface area contributed by atoms with Crippen molar-refractivity contribution >= 4 is 29.3 Å². The minimum absolute atomic E-state index is 0.179. The number of nitrogens with one attached hydrogen (secondary N) is 2. The van der Waals surface area contributed by atoms with E-state index in [1.165, 1.54) is 23.2 Å². The zero-order valence-electron chi connectivity index (χ0n) is 16.2. The molecular weight excluding hydrogens is 406 g/mol. The fourth-order valence-electron chi connectivity index (χ4n) is 3.08. The summed E-state index contributed by atoms with van der Waals surface area (Å²) in [5.74, 6) is -2.14. The monoisotopic (exact) mass is 425 g/mol. The van der Waals surface area contributed by atoms with Crippen molar-refractivity contribution in [3.63, 3.8) is 0 Å². The van der Waals surface area contributed by atoms with Gasteiger partial charge in [0.2, 0.25) is 0 Å². The summed E-state index contributed by atoms with van der Waals surface area (Å²) in [5.41, 5.74) is -0.0717. The van der Waals surface area contributed by atoms with Gasteiger partial charge in [-0.1, -0.05) is 18.2 Å². The second-order valence-corrected chi connectivity index (χ2v) is 6.68. The molecule has 1 fully saturated rings. The van der Waals surface area contributed by atoms with Crippen LogP contribution in [0.4, 0.5) is 11.5 Å². The first-order valence-corrected chi connectivity index (χ1v) is 9.34. The molecule has 11 heteroatoms. The molecule has 1 aromatic heterocycles. The predicted octanol–water partition coefficient (Wildman–Crippen LogP) is 1.75. The van der Waals surface area contributed by atoms with Crippen LogP contribution in [0.3, 0.4) is 0 Å². The van der Waals surface area contributed by atoms with E-state index < -0.39 is 28.7 Å². The number of hydrogen-bond donors (Lipinski definition) is 3. The third-order valence-corrected chi connectivity index (χ3v) is 4.64. The van der Waals surface area contributed by atoms with Crippen LogP contribution >= 0.6 is 0 Å². The highest BCUT2D eigenvalue weighted by atomic mass is 16.6. The Morgan fingerprint density at radius 2 is 1.94 bits per heavy atom. The Balaban J connectivity index is 1.85. The second-order valence-electron chi connectivity index (χ2n) is 6.68. The molecule has 3 N–H and O–H groups in total. The second kappa shape index (κ2) is 9.48. The van der Waals surface area contributed by atoms with Crippen LogP contribution in [0.25, 0.3) is 0 Å². The molecule has 31 heavy (non-hydrogen) atoms. The van der Waals surface area contributed by atoms with Gasteiger partial charge in [0.25, 0.3) is 17.5 Å². The number of nitro groups is 1. The zero-order valence-corrected chi connectivity index (χ0v) is 16.2. The first-order chi connectivity index (χ1) is 14.9. The van der Waals surface area contributed by atoms with Crippen LogP contribution in [0.2, 0.25) is 0 Å². The lowest BCUT2D eigenvalue weighted by molar-refractivity contribution is -0.385. The number of pyridine rings is 1. The Hall–Kier alpha value is -4.28. The molecule has 1 unspecified atom stereocenters. The maximum Gasteiger partial charge on any atom is 0.326 e. The molecule has 0 saturated carbocycles. The topological polar surface area (TPSA) is 155 Å². The maximum atomic E-state index is 13.0. The molecule has 2 amide bonds. The van der Waals surface area contributed by atoms with E-state index in [2.05, 4.69) is 15.6 Å². The van der Waals surface area contributed by atoms with Gasteiger partial charge >= 0.3 is 5.97 Å². The standard InChI is InChI=1S/C20H19N5O6/c26-18(13-5-2-1-3-6-13)23-15(19(27)24-10-4-7-16(24)20(28)29)12-22-17-9-8-14(11-21-17)25(30)31/h1-3,5-6,8-9,11-12,16H,4,7,10H2,(H,21,22)(H,23,26)(H,28,29)/b15-12-. The third kappa shape index (κ3) is 5.21. The van der Waals surface area contributed by atoms with Gasteiger partial charge in [0, 0.05) is 24.4 Å². The molecule has 11 nitrogen and oxygen atoms in total. The highest BCUT2D eigenvalue weighted by Gasteiger charge is 2.35. The number of carbonyl (C=O) groups excluding carboxylic acids is 2. The Labute approximate surface area is 176 Å². The number of hydrogen-bond acceptors (Lipinski definition) is 7. The van der Waals surface area contributed by atoms with E-state index in [0.29, 0.717) is 18.4 Å². The number of carboxylic acids is 1. The van der Waals surface area contributed by atoms with Gasteiger partial charge in [-0.2, -0.15) is 0 Å².